The number of hydrogen-bond donors (Lipinski definition) is 2. The fourth-order valence-corrected chi connectivity index (χ4v) is 2.47. The van der Waals surface area contributed by atoms with Crippen molar-refractivity contribution < 1.29 is 9.90 Å². The van der Waals surface area contributed by atoms with Gasteiger partial charge in [0.1, 0.15) is 6.04 Å². The number of rotatable bonds is 3. The molecule has 0 amide bonds. The van der Waals surface area contributed by atoms with E-state index in [1.54, 1.807) is 18.4 Å². The van der Waals surface area contributed by atoms with Gasteiger partial charge in [0.05, 0.1) is 0 Å². The van der Waals surface area contributed by atoms with Crippen LogP contribution in [0.15, 0.2) is 12.1 Å². The molecule has 84 valence electrons. The van der Waals surface area contributed by atoms with Crippen LogP contribution in [0.2, 0.25) is 0 Å². The standard InChI is InChI=1S/C11H17NO2S/c1-11(2,3)8-6-5-7(15-8)9(12-4)10(13)14/h5-6,9,12H,1-4H3,(H,13,14). The zero-order chi connectivity index (χ0) is 11.6. The van der Waals surface area contributed by atoms with Crippen molar-refractivity contribution in [3.05, 3.63) is 21.9 Å². The van der Waals surface area contributed by atoms with Crippen LogP contribution >= 0.6 is 11.3 Å². The Kier molecular flexibility index (Phi) is 3.52. The van der Waals surface area contributed by atoms with E-state index in [1.807, 2.05) is 12.1 Å². The van der Waals surface area contributed by atoms with E-state index in [0.717, 1.165) is 4.88 Å². The van der Waals surface area contributed by atoms with Gasteiger partial charge in [-0.25, -0.2) is 0 Å². The summed E-state index contributed by atoms with van der Waals surface area (Å²) >= 11 is 1.56. The first-order valence-electron chi connectivity index (χ1n) is 4.86. The van der Waals surface area contributed by atoms with Crippen molar-refractivity contribution in [3.63, 3.8) is 0 Å². The van der Waals surface area contributed by atoms with Gasteiger partial charge in [-0.15, -0.1) is 11.3 Å². The number of aliphatic carboxylic acids is 1. The first-order chi connectivity index (χ1) is 6.86. The lowest BCUT2D eigenvalue weighted by molar-refractivity contribution is -0.139. The Morgan fingerprint density at radius 1 is 1.47 bits per heavy atom. The Bertz CT molecular complexity index is 352. The van der Waals surface area contributed by atoms with Gasteiger partial charge in [0, 0.05) is 9.75 Å². The van der Waals surface area contributed by atoms with E-state index in [9.17, 15) is 4.79 Å². The molecule has 0 fully saturated rings. The highest BCUT2D eigenvalue weighted by molar-refractivity contribution is 7.12. The summed E-state index contributed by atoms with van der Waals surface area (Å²) in [7, 11) is 1.66. The van der Waals surface area contributed by atoms with Gasteiger partial charge in [-0.05, 0) is 24.6 Å². The minimum absolute atomic E-state index is 0.0830. The first-order valence-corrected chi connectivity index (χ1v) is 5.68. The highest BCUT2D eigenvalue weighted by Gasteiger charge is 2.22. The Labute approximate surface area is 94.1 Å². The highest BCUT2D eigenvalue weighted by atomic mass is 32.1. The molecule has 0 radical (unpaired) electrons. The molecule has 1 aromatic heterocycles. The number of carbonyl (C=O) groups is 1. The van der Waals surface area contributed by atoms with Crippen molar-refractivity contribution in [3.8, 4) is 0 Å². The van der Waals surface area contributed by atoms with Gasteiger partial charge < -0.3 is 10.4 Å². The van der Waals surface area contributed by atoms with Crippen molar-refractivity contribution in [2.75, 3.05) is 7.05 Å². The summed E-state index contributed by atoms with van der Waals surface area (Å²) in [5, 5.41) is 11.8. The minimum Gasteiger partial charge on any atom is -0.480 e. The third-order valence-electron chi connectivity index (χ3n) is 2.19. The van der Waals surface area contributed by atoms with Crippen LogP contribution in [0.5, 0.6) is 0 Å². The zero-order valence-electron chi connectivity index (χ0n) is 9.50. The molecule has 0 saturated carbocycles. The van der Waals surface area contributed by atoms with Gasteiger partial charge in [0.15, 0.2) is 0 Å². The maximum atomic E-state index is 10.9. The molecular formula is C11H17NO2S. The largest absolute Gasteiger partial charge is 0.480 e. The Morgan fingerprint density at radius 3 is 2.40 bits per heavy atom. The van der Waals surface area contributed by atoms with Crippen LogP contribution in [0.4, 0.5) is 0 Å². The molecule has 4 heteroatoms. The quantitative estimate of drug-likeness (QED) is 0.833. The van der Waals surface area contributed by atoms with Gasteiger partial charge in [-0.3, -0.25) is 4.79 Å². The molecule has 0 spiro atoms. The predicted octanol–water partition coefficient (Wildman–Crippen LogP) is 2.39. The number of thiophene rings is 1. The molecule has 2 N–H and O–H groups in total. The van der Waals surface area contributed by atoms with E-state index in [1.165, 1.54) is 4.88 Å². The van der Waals surface area contributed by atoms with Gasteiger partial charge >= 0.3 is 5.97 Å². The third kappa shape index (κ3) is 2.79. The molecular weight excluding hydrogens is 210 g/mol. The summed E-state index contributed by atoms with van der Waals surface area (Å²) in [4.78, 5) is 13.0. The molecule has 0 aliphatic carbocycles. The maximum absolute atomic E-state index is 10.9. The monoisotopic (exact) mass is 227 g/mol. The van der Waals surface area contributed by atoms with E-state index < -0.39 is 12.0 Å². The third-order valence-corrected chi connectivity index (χ3v) is 3.76. The predicted molar refractivity (Wildman–Crippen MR) is 62.5 cm³/mol. The molecule has 0 bridgehead atoms. The maximum Gasteiger partial charge on any atom is 0.326 e. The van der Waals surface area contributed by atoms with Crippen LogP contribution in [0.3, 0.4) is 0 Å². The molecule has 0 saturated heterocycles. The number of nitrogens with one attached hydrogen (secondary N) is 1. The fourth-order valence-electron chi connectivity index (χ4n) is 1.30. The lowest BCUT2D eigenvalue weighted by atomic mass is 9.95. The summed E-state index contributed by atoms with van der Waals surface area (Å²) < 4.78 is 0. The summed E-state index contributed by atoms with van der Waals surface area (Å²) in [6.45, 7) is 6.37. The molecule has 1 heterocycles. The number of likely N-dealkylation sites (N-methyl/N-ethyl adjacent to an activating group) is 1. The van der Waals surface area contributed by atoms with Crippen molar-refractivity contribution in [1.29, 1.82) is 0 Å². The summed E-state index contributed by atoms with van der Waals surface area (Å²) in [5.74, 6) is -0.834. The number of carboxylic acid groups (broad SMARTS) is 1. The Balaban J connectivity index is 2.97. The SMILES string of the molecule is CNC(C(=O)O)c1ccc(C(C)(C)C)s1. The Morgan fingerprint density at radius 2 is 2.07 bits per heavy atom. The van der Waals surface area contributed by atoms with E-state index in [-0.39, 0.29) is 5.41 Å². The second kappa shape index (κ2) is 4.33. The van der Waals surface area contributed by atoms with E-state index in [2.05, 4.69) is 26.1 Å². The van der Waals surface area contributed by atoms with E-state index in [4.69, 9.17) is 5.11 Å². The van der Waals surface area contributed by atoms with E-state index >= 15 is 0 Å². The normalized spacial score (nSPS) is 13.9. The molecule has 0 aliphatic heterocycles. The van der Waals surface area contributed by atoms with Crippen molar-refractivity contribution in [2.24, 2.45) is 0 Å². The molecule has 1 aromatic rings. The molecule has 1 rings (SSSR count). The second-order valence-corrected chi connectivity index (χ2v) is 5.63. The van der Waals surface area contributed by atoms with Crippen molar-refractivity contribution in [2.45, 2.75) is 32.2 Å². The van der Waals surface area contributed by atoms with Gasteiger partial charge in [-0.2, -0.15) is 0 Å². The van der Waals surface area contributed by atoms with Gasteiger partial charge in [0.2, 0.25) is 0 Å². The average Bonchev–Trinajstić information content (AvgIpc) is 2.52. The molecule has 3 nitrogen and oxygen atoms in total. The van der Waals surface area contributed by atoms with Gasteiger partial charge in [0.25, 0.3) is 0 Å². The summed E-state index contributed by atoms with van der Waals surface area (Å²) in [6, 6.07) is 3.31. The van der Waals surface area contributed by atoms with Crippen LogP contribution in [-0.4, -0.2) is 18.1 Å². The molecule has 1 atom stereocenters. The number of carboxylic acids is 1. The first kappa shape index (κ1) is 12.2. The average molecular weight is 227 g/mol. The zero-order valence-corrected chi connectivity index (χ0v) is 10.3. The second-order valence-electron chi connectivity index (χ2n) is 4.51. The number of hydrogen-bond acceptors (Lipinski definition) is 3. The van der Waals surface area contributed by atoms with Gasteiger partial charge in [-0.1, -0.05) is 20.8 Å². The molecule has 0 aromatic carbocycles. The Hall–Kier alpha value is -0.870. The summed E-state index contributed by atoms with van der Waals surface area (Å²) in [6.07, 6.45) is 0. The lowest BCUT2D eigenvalue weighted by Gasteiger charge is -2.15. The topological polar surface area (TPSA) is 49.3 Å². The van der Waals surface area contributed by atoms with Crippen LogP contribution in [0.25, 0.3) is 0 Å². The van der Waals surface area contributed by atoms with Crippen LogP contribution < -0.4 is 5.32 Å². The van der Waals surface area contributed by atoms with E-state index in [0.29, 0.717) is 0 Å². The van der Waals surface area contributed by atoms with Crippen LogP contribution in [0, 0.1) is 0 Å². The van der Waals surface area contributed by atoms with Crippen molar-refractivity contribution >= 4 is 17.3 Å². The fraction of sp³-hybridized carbons (Fsp3) is 0.545. The smallest absolute Gasteiger partial charge is 0.326 e. The van der Waals surface area contributed by atoms with Crippen LogP contribution in [-0.2, 0) is 10.2 Å². The van der Waals surface area contributed by atoms with Crippen LogP contribution in [0.1, 0.15) is 36.6 Å². The molecule has 15 heavy (non-hydrogen) atoms. The minimum atomic E-state index is -0.834. The molecule has 1 unspecified atom stereocenters. The molecule has 0 aliphatic rings. The lowest BCUT2D eigenvalue weighted by Crippen LogP contribution is -2.23. The summed E-state index contributed by atoms with van der Waals surface area (Å²) in [5.41, 5.74) is 0.0830. The van der Waals surface area contributed by atoms with Crippen molar-refractivity contribution in [1.82, 2.24) is 5.32 Å². The highest BCUT2D eigenvalue weighted by Crippen LogP contribution is 2.32.